The zero-order valence-electron chi connectivity index (χ0n) is 23.5. The van der Waals surface area contributed by atoms with E-state index in [-0.39, 0.29) is 0 Å². The van der Waals surface area contributed by atoms with Gasteiger partial charge in [-0.3, -0.25) is 0 Å². The van der Waals surface area contributed by atoms with Crippen molar-refractivity contribution in [3.8, 4) is 34.1 Å². The molecule has 0 spiro atoms. The van der Waals surface area contributed by atoms with E-state index in [1.165, 1.54) is 0 Å². The lowest BCUT2D eigenvalue weighted by Gasteiger charge is -2.24. The molecule has 4 aromatic rings. The largest absolute Gasteiger partial charge is 0.493 e. The van der Waals surface area contributed by atoms with E-state index in [4.69, 9.17) is 28.7 Å². The van der Waals surface area contributed by atoms with Crippen LogP contribution in [-0.4, -0.2) is 40.8 Å². The molecule has 0 unspecified atom stereocenters. The molecule has 1 aromatic heterocycles. The molecule has 0 aliphatic rings. The summed E-state index contributed by atoms with van der Waals surface area (Å²) >= 11 is 0. The molecule has 4 rings (SSSR count). The normalized spacial score (nSPS) is 11.4. The first-order chi connectivity index (χ1) is 19.6. The monoisotopic (exact) mass is 555 g/mol. The van der Waals surface area contributed by atoms with Crippen LogP contribution in [0.1, 0.15) is 37.8 Å². The Morgan fingerprint density at radius 1 is 0.951 bits per heavy atom. The number of carbonyl (C=O) groups is 2. The minimum atomic E-state index is -1.09. The predicted molar refractivity (Wildman–Crippen MR) is 156 cm³/mol. The molecule has 1 N–H and O–H groups in total. The number of carboxylic acids is 1. The Morgan fingerprint density at radius 3 is 2.32 bits per heavy atom. The molecule has 0 radical (unpaired) electrons. The van der Waals surface area contributed by atoms with E-state index < -0.39 is 17.5 Å². The maximum absolute atomic E-state index is 12.1. The number of rotatable bonds is 12. The summed E-state index contributed by atoms with van der Waals surface area (Å²) in [4.78, 5) is 27.5. The van der Waals surface area contributed by atoms with Crippen LogP contribution in [0.5, 0.6) is 11.5 Å². The molecule has 0 atom stereocenters. The van der Waals surface area contributed by atoms with Crippen molar-refractivity contribution in [1.82, 2.24) is 4.98 Å². The number of esters is 1. The molecule has 0 aliphatic heterocycles. The first-order valence-electron chi connectivity index (χ1n) is 13.3. The highest BCUT2D eigenvalue weighted by Gasteiger charge is 2.31. The van der Waals surface area contributed by atoms with Gasteiger partial charge in [0.25, 0.3) is 0 Å². The number of hydrogen-bond donors (Lipinski definition) is 1. The molecule has 212 valence electrons. The topological polar surface area (TPSA) is 108 Å². The van der Waals surface area contributed by atoms with E-state index in [1.807, 2.05) is 55.5 Å². The van der Waals surface area contributed by atoms with Crippen LogP contribution in [0, 0.1) is 6.92 Å². The van der Waals surface area contributed by atoms with Gasteiger partial charge in [-0.25, -0.2) is 14.6 Å². The van der Waals surface area contributed by atoms with Gasteiger partial charge in [0.05, 0.1) is 18.9 Å². The Bertz CT molecular complexity index is 1520. The van der Waals surface area contributed by atoms with Crippen LogP contribution >= 0.6 is 0 Å². The summed E-state index contributed by atoms with van der Waals surface area (Å²) in [5.41, 5.74) is 3.38. The van der Waals surface area contributed by atoms with Crippen molar-refractivity contribution in [2.75, 3.05) is 13.2 Å². The predicted octanol–water partition coefficient (Wildman–Crippen LogP) is 6.76. The van der Waals surface area contributed by atoms with Crippen molar-refractivity contribution in [1.29, 1.82) is 0 Å². The Kier molecular flexibility index (Phi) is 9.24. The van der Waals surface area contributed by atoms with Gasteiger partial charge < -0.3 is 23.7 Å². The molecule has 3 aromatic carbocycles. The number of nitrogens with zero attached hydrogens (tertiary/aromatic N) is 1. The average molecular weight is 556 g/mol. The molecular formula is C33H33NO7. The maximum atomic E-state index is 12.1. The minimum Gasteiger partial charge on any atom is -0.493 e. The van der Waals surface area contributed by atoms with Crippen molar-refractivity contribution in [2.24, 2.45) is 0 Å². The summed E-state index contributed by atoms with van der Waals surface area (Å²) in [7, 11) is 0. The molecule has 0 fully saturated rings. The lowest BCUT2D eigenvalue weighted by Crippen LogP contribution is -2.39. The quantitative estimate of drug-likeness (QED) is 0.151. The van der Waals surface area contributed by atoms with Gasteiger partial charge >= 0.3 is 11.9 Å². The second-order valence-corrected chi connectivity index (χ2v) is 9.80. The number of benzene rings is 3. The molecule has 0 bridgehead atoms. The molecule has 41 heavy (non-hydrogen) atoms. The summed E-state index contributed by atoms with van der Waals surface area (Å²) < 4.78 is 22.7. The third-order valence-electron chi connectivity index (χ3n) is 6.24. The summed E-state index contributed by atoms with van der Waals surface area (Å²) in [5, 5.41) is 8.81. The Morgan fingerprint density at radius 2 is 1.63 bits per heavy atom. The van der Waals surface area contributed by atoms with Crippen LogP contribution in [-0.2, 0) is 20.7 Å². The fourth-order valence-electron chi connectivity index (χ4n) is 4.08. The highest BCUT2D eigenvalue weighted by atomic mass is 16.6. The number of aryl methyl sites for hydroxylation is 1. The molecule has 8 nitrogen and oxygen atoms in total. The highest BCUT2D eigenvalue weighted by Crippen LogP contribution is 2.28. The summed E-state index contributed by atoms with van der Waals surface area (Å²) in [6.45, 7) is 7.68. The first kappa shape index (κ1) is 29.1. The van der Waals surface area contributed by atoms with E-state index in [1.54, 1.807) is 51.1 Å². The van der Waals surface area contributed by atoms with Crippen molar-refractivity contribution < 1.29 is 33.3 Å². The van der Waals surface area contributed by atoms with Gasteiger partial charge in [0, 0.05) is 18.1 Å². The standard InChI is InChI=1S/C33H33NO7/c1-5-38-32(37)33(3,4)41-28-16-14-27(15-17-28)39-20-19-29-22(2)40-31(34-29)26-8-6-7-25(21-26)24-12-9-23(10-13-24)11-18-30(35)36/h6-18,21H,5,19-20H2,1-4H3,(H,35,36)/b18-11+. The number of carboxylic acid groups (broad SMARTS) is 1. The summed E-state index contributed by atoms with van der Waals surface area (Å²) in [6, 6.07) is 22.7. The number of hydrogen-bond acceptors (Lipinski definition) is 7. The lowest BCUT2D eigenvalue weighted by molar-refractivity contribution is -0.158. The van der Waals surface area contributed by atoms with Crippen LogP contribution in [0.15, 0.2) is 83.3 Å². The zero-order valence-corrected chi connectivity index (χ0v) is 23.5. The summed E-state index contributed by atoms with van der Waals surface area (Å²) in [6.07, 6.45) is 3.24. The zero-order chi connectivity index (χ0) is 29.4. The minimum absolute atomic E-state index is 0.294. The van der Waals surface area contributed by atoms with E-state index >= 15 is 0 Å². The highest BCUT2D eigenvalue weighted by molar-refractivity contribution is 5.85. The van der Waals surface area contributed by atoms with Crippen LogP contribution in [0.4, 0.5) is 0 Å². The Labute approximate surface area is 239 Å². The van der Waals surface area contributed by atoms with Gasteiger partial charge in [-0.1, -0.05) is 36.4 Å². The molecule has 0 saturated carbocycles. The van der Waals surface area contributed by atoms with E-state index in [0.717, 1.165) is 39.8 Å². The van der Waals surface area contributed by atoms with E-state index in [9.17, 15) is 9.59 Å². The molecule has 8 heteroatoms. The third kappa shape index (κ3) is 7.85. The first-order valence-corrected chi connectivity index (χ1v) is 13.3. The number of ether oxygens (including phenoxy) is 3. The van der Waals surface area contributed by atoms with Crippen molar-refractivity contribution in [3.63, 3.8) is 0 Å². The smallest absolute Gasteiger partial charge is 0.349 e. The van der Waals surface area contributed by atoms with Crippen LogP contribution in [0.25, 0.3) is 28.7 Å². The van der Waals surface area contributed by atoms with Gasteiger partial charge in [-0.05, 0) is 86.9 Å². The molecular weight excluding hydrogens is 522 g/mol. The molecule has 0 aliphatic carbocycles. The van der Waals surface area contributed by atoms with E-state index in [0.29, 0.717) is 37.0 Å². The molecule has 1 heterocycles. The number of aromatic nitrogens is 1. The van der Waals surface area contributed by atoms with Gasteiger partial charge in [0.15, 0.2) is 5.60 Å². The van der Waals surface area contributed by atoms with Crippen molar-refractivity contribution in [3.05, 3.63) is 95.9 Å². The second kappa shape index (κ2) is 13.0. The van der Waals surface area contributed by atoms with Crippen LogP contribution in [0.2, 0.25) is 0 Å². The van der Waals surface area contributed by atoms with Gasteiger partial charge in [-0.15, -0.1) is 0 Å². The Hall–Kier alpha value is -4.85. The lowest BCUT2D eigenvalue weighted by atomic mass is 10.0. The van der Waals surface area contributed by atoms with Gasteiger partial charge in [0.1, 0.15) is 17.3 Å². The number of aliphatic carboxylic acids is 1. The maximum Gasteiger partial charge on any atom is 0.349 e. The fourth-order valence-corrected chi connectivity index (χ4v) is 4.08. The van der Waals surface area contributed by atoms with Gasteiger partial charge in [0.2, 0.25) is 5.89 Å². The summed E-state index contributed by atoms with van der Waals surface area (Å²) in [5.74, 6) is 1.08. The SMILES string of the molecule is CCOC(=O)C(C)(C)Oc1ccc(OCCc2nc(-c3cccc(-c4ccc(/C=C/C(=O)O)cc4)c3)oc2C)cc1. The van der Waals surface area contributed by atoms with Gasteiger partial charge in [-0.2, -0.15) is 0 Å². The number of oxazole rings is 1. The number of carbonyl (C=O) groups excluding carboxylic acids is 1. The molecule has 0 amide bonds. The van der Waals surface area contributed by atoms with E-state index in [2.05, 4.69) is 0 Å². The second-order valence-electron chi connectivity index (χ2n) is 9.80. The van der Waals surface area contributed by atoms with Crippen LogP contribution < -0.4 is 9.47 Å². The fraction of sp³-hybridized carbons (Fsp3) is 0.242. The van der Waals surface area contributed by atoms with Crippen molar-refractivity contribution >= 4 is 18.0 Å². The molecule has 0 saturated heterocycles. The van der Waals surface area contributed by atoms with Crippen LogP contribution in [0.3, 0.4) is 0 Å². The van der Waals surface area contributed by atoms with Crippen molar-refractivity contribution in [2.45, 2.75) is 39.7 Å². The average Bonchev–Trinajstić information content (AvgIpc) is 3.33. The Balaban J connectivity index is 1.36. The third-order valence-corrected chi connectivity index (χ3v) is 6.24.